The van der Waals surface area contributed by atoms with Crippen molar-refractivity contribution >= 4 is 17.7 Å². The first-order valence-electron chi connectivity index (χ1n) is 11.6. The minimum atomic E-state index is 0.0425. The number of para-hydroxylation sites is 1. The first-order chi connectivity index (χ1) is 16.4. The van der Waals surface area contributed by atoms with E-state index >= 15 is 0 Å². The second kappa shape index (κ2) is 10.6. The predicted molar refractivity (Wildman–Crippen MR) is 135 cm³/mol. The molecule has 2 aromatic carbocycles. The topological polar surface area (TPSA) is 69.5 Å². The number of hydrogen-bond donors (Lipinski definition) is 0. The summed E-state index contributed by atoms with van der Waals surface area (Å²) in [7, 11) is 1.65. The molecule has 2 heterocycles. The Morgan fingerprint density at radius 2 is 1.76 bits per heavy atom. The van der Waals surface area contributed by atoms with E-state index in [1.165, 1.54) is 17.3 Å². The van der Waals surface area contributed by atoms with Gasteiger partial charge in [-0.15, -0.1) is 10.2 Å². The molecule has 1 fully saturated rings. The summed E-state index contributed by atoms with van der Waals surface area (Å²) in [6, 6.07) is 16.1. The fourth-order valence-electron chi connectivity index (χ4n) is 4.29. The van der Waals surface area contributed by atoms with Gasteiger partial charge in [-0.25, -0.2) is 0 Å². The zero-order valence-electron chi connectivity index (χ0n) is 20.4. The van der Waals surface area contributed by atoms with Gasteiger partial charge in [0, 0.05) is 18.7 Å². The third-order valence-corrected chi connectivity index (χ3v) is 6.79. The second-order valence-electron chi connectivity index (χ2n) is 8.93. The van der Waals surface area contributed by atoms with Crippen LogP contribution in [0.1, 0.15) is 39.2 Å². The van der Waals surface area contributed by atoms with E-state index in [9.17, 15) is 4.79 Å². The van der Waals surface area contributed by atoms with Crippen molar-refractivity contribution in [2.45, 2.75) is 51.0 Å². The lowest BCUT2D eigenvalue weighted by molar-refractivity contribution is -0.140. The Labute approximate surface area is 205 Å². The van der Waals surface area contributed by atoms with E-state index in [4.69, 9.17) is 9.47 Å². The van der Waals surface area contributed by atoms with Crippen molar-refractivity contribution in [3.8, 4) is 22.8 Å². The van der Waals surface area contributed by atoms with Gasteiger partial charge < -0.3 is 14.4 Å². The smallest absolute Gasteiger partial charge is 0.233 e. The number of rotatable bonds is 7. The summed E-state index contributed by atoms with van der Waals surface area (Å²) < 4.78 is 13.2. The van der Waals surface area contributed by atoms with Crippen LogP contribution in [0.2, 0.25) is 0 Å². The van der Waals surface area contributed by atoms with Crippen molar-refractivity contribution in [3.05, 3.63) is 54.1 Å². The van der Waals surface area contributed by atoms with Crippen molar-refractivity contribution in [1.29, 1.82) is 0 Å². The Balaban J connectivity index is 1.67. The van der Waals surface area contributed by atoms with Gasteiger partial charge in [0.15, 0.2) is 11.0 Å². The molecular formula is C26H32N4O3S. The van der Waals surface area contributed by atoms with Crippen LogP contribution in [-0.2, 0) is 9.53 Å². The summed E-state index contributed by atoms with van der Waals surface area (Å²) in [5.74, 6) is 2.22. The quantitative estimate of drug-likeness (QED) is 0.453. The maximum Gasteiger partial charge on any atom is 0.233 e. The molecule has 0 N–H and O–H groups in total. The molecule has 1 saturated heterocycles. The van der Waals surface area contributed by atoms with Gasteiger partial charge in [-0.2, -0.15) is 0 Å². The highest BCUT2D eigenvalue weighted by Gasteiger charge is 2.27. The zero-order valence-corrected chi connectivity index (χ0v) is 21.2. The van der Waals surface area contributed by atoms with E-state index in [1.54, 1.807) is 7.11 Å². The maximum absolute atomic E-state index is 13.0. The van der Waals surface area contributed by atoms with Gasteiger partial charge >= 0.3 is 0 Å². The van der Waals surface area contributed by atoms with Gasteiger partial charge in [0.05, 0.1) is 30.8 Å². The van der Waals surface area contributed by atoms with Crippen LogP contribution in [0.4, 0.5) is 0 Å². The molecule has 0 spiro atoms. The molecule has 0 saturated carbocycles. The number of amides is 1. The lowest BCUT2D eigenvalue weighted by atomic mass is 10.0. The van der Waals surface area contributed by atoms with Gasteiger partial charge in [-0.1, -0.05) is 43.8 Å². The zero-order chi connectivity index (χ0) is 24.2. The molecule has 34 heavy (non-hydrogen) atoms. The molecule has 0 bridgehead atoms. The van der Waals surface area contributed by atoms with Crippen molar-refractivity contribution in [1.82, 2.24) is 19.7 Å². The van der Waals surface area contributed by atoms with Crippen molar-refractivity contribution in [2.75, 3.05) is 26.0 Å². The van der Waals surface area contributed by atoms with E-state index in [0.29, 0.717) is 29.9 Å². The average molecular weight is 481 g/mol. The molecule has 180 valence electrons. The molecule has 1 amide bonds. The molecule has 1 aliphatic rings. The Morgan fingerprint density at radius 1 is 1.09 bits per heavy atom. The molecule has 2 atom stereocenters. The first kappa shape index (κ1) is 24.3. The van der Waals surface area contributed by atoms with Crippen LogP contribution in [0.5, 0.6) is 5.75 Å². The number of hydrogen-bond acceptors (Lipinski definition) is 6. The fourth-order valence-corrected chi connectivity index (χ4v) is 5.13. The summed E-state index contributed by atoms with van der Waals surface area (Å²) in [5.41, 5.74) is 3.15. The Kier molecular flexibility index (Phi) is 7.58. The summed E-state index contributed by atoms with van der Waals surface area (Å²) >= 11 is 1.42. The molecule has 8 heteroatoms. The van der Waals surface area contributed by atoms with Crippen LogP contribution >= 0.6 is 11.8 Å². The van der Waals surface area contributed by atoms with Gasteiger partial charge in [-0.3, -0.25) is 9.36 Å². The van der Waals surface area contributed by atoms with Crippen LogP contribution in [0.15, 0.2) is 53.7 Å². The van der Waals surface area contributed by atoms with Crippen LogP contribution in [-0.4, -0.2) is 63.7 Å². The first-order valence-corrected chi connectivity index (χ1v) is 12.6. The Bertz CT molecular complexity index is 1120. The highest BCUT2D eigenvalue weighted by atomic mass is 32.2. The largest absolute Gasteiger partial charge is 0.497 e. The molecule has 0 unspecified atom stereocenters. The summed E-state index contributed by atoms with van der Waals surface area (Å²) in [5, 5.41) is 9.74. The highest BCUT2D eigenvalue weighted by molar-refractivity contribution is 7.99. The monoisotopic (exact) mass is 480 g/mol. The lowest BCUT2D eigenvalue weighted by Crippen LogP contribution is -2.48. The third-order valence-electron chi connectivity index (χ3n) is 5.88. The van der Waals surface area contributed by atoms with Crippen LogP contribution in [0.25, 0.3) is 17.1 Å². The summed E-state index contributed by atoms with van der Waals surface area (Å²) in [6.07, 6.45) is 0.0851. The Hall–Kier alpha value is -2.84. The second-order valence-corrected chi connectivity index (χ2v) is 9.87. The average Bonchev–Trinajstić information content (AvgIpc) is 3.25. The minimum Gasteiger partial charge on any atom is -0.497 e. The van der Waals surface area contributed by atoms with Crippen molar-refractivity contribution < 1.29 is 14.3 Å². The molecular weight excluding hydrogens is 448 g/mol. The highest BCUT2D eigenvalue weighted by Crippen LogP contribution is 2.33. The van der Waals surface area contributed by atoms with Gasteiger partial charge in [-0.05, 0) is 55.7 Å². The number of carbonyl (C=O) groups excluding carboxylic acids is 1. The Morgan fingerprint density at radius 3 is 2.41 bits per heavy atom. The number of ether oxygens (including phenoxy) is 2. The van der Waals surface area contributed by atoms with Gasteiger partial charge in [0.25, 0.3) is 0 Å². The molecule has 1 aromatic heterocycles. The van der Waals surface area contributed by atoms with E-state index < -0.39 is 0 Å². The maximum atomic E-state index is 13.0. The summed E-state index contributed by atoms with van der Waals surface area (Å²) in [4.78, 5) is 14.9. The standard InChI is InChI=1S/C26H32N4O3S/c1-17(2)22-8-6-7-9-23(22)30-25(20-10-12-21(32-5)13-11-20)27-28-26(30)34-16-24(31)29-14-18(3)33-19(4)15-29/h6-13,17-19H,14-16H2,1-5H3/t18-,19+. The molecule has 0 radical (unpaired) electrons. The third kappa shape index (κ3) is 5.28. The number of carbonyl (C=O) groups is 1. The van der Waals surface area contributed by atoms with Crippen LogP contribution in [0, 0.1) is 0 Å². The fraction of sp³-hybridized carbons (Fsp3) is 0.423. The molecule has 3 aromatic rings. The number of benzene rings is 2. The number of thioether (sulfide) groups is 1. The molecule has 4 rings (SSSR count). The lowest BCUT2D eigenvalue weighted by Gasteiger charge is -2.35. The van der Waals surface area contributed by atoms with E-state index in [1.807, 2.05) is 55.1 Å². The van der Waals surface area contributed by atoms with E-state index in [2.05, 4.69) is 40.7 Å². The van der Waals surface area contributed by atoms with Gasteiger partial charge in [0.2, 0.25) is 5.91 Å². The SMILES string of the molecule is COc1ccc(-c2nnc(SCC(=O)N3C[C@@H](C)O[C@@H](C)C3)n2-c2ccccc2C(C)C)cc1. The number of nitrogens with zero attached hydrogens (tertiary/aromatic N) is 4. The molecule has 7 nitrogen and oxygen atoms in total. The summed E-state index contributed by atoms with van der Waals surface area (Å²) in [6.45, 7) is 9.58. The molecule has 1 aliphatic heterocycles. The predicted octanol–water partition coefficient (Wildman–Crippen LogP) is 4.79. The van der Waals surface area contributed by atoms with E-state index in [-0.39, 0.29) is 18.1 Å². The number of methoxy groups -OCH3 is 1. The molecule has 0 aliphatic carbocycles. The minimum absolute atomic E-state index is 0.0425. The normalized spacial score (nSPS) is 18.4. The van der Waals surface area contributed by atoms with Crippen LogP contribution < -0.4 is 4.74 Å². The number of morpholine rings is 1. The van der Waals surface area contributed by atoms with Crippen molar-refractivity contribution in [2.24, 2.45) is 0 Å². The van der Waals surface area contributed by atoms with Crippen molar-refractivity contribution in [3.63, 3.8) is 0 Å². The van der Waals surface area contributed by atoms with E-state index in [0.717, 1.165) is 22.8 Å². The van der Waals surface area contributed by atoms with Crippen LogP contribution in [0.3, 0.4) is 0 Å². The van der Waals surface area contributed by atoms with Gasteiger partial charge in [0.1, 0.15) is 5.75 Å². The number of aromatic nitrogens is 3.